The number of carbonyl (C=O) groups excluding carboxylic acids is 3. The lowest BCUT2D eigenvalue weighted by Crippen LogP contribution is -2.52. The molecule has 33 heavy (non-hydrogen) atoms. The number of hydrogen-bond acceptors (Lipinski definition) is 8. The van der Waals surface area contributed by atoms with E-state index in [1.807, 2.05) is 0 Å². The molecule has 2 saturated heterocycles. The number of aromatic nitrogens is 2. The minimum Gasteiger partial charge on any atom is -0.367 e. The summed E-state index contributed by atoms with van der Waals surface area (Å²) in [6, 6.07) is 4.86. The molecule has 1 aliphatic carbocycles. The number of alkyl halides is 1. The standard InChI is InChI=1S/C23H25ClN4O4S/c24-14-11-28(20-17(30)12-32-21(14)20)15-5-2-1-4-13(15)16(29)10-27-23(31)19-7-6-18(33-19)22-25-8-3-9-26-22/h3,6-9,13-15,20-21H,1-2,4-5,10-12H2,(H,27,31)/t13-,14-,15?,20+,21+/m0/s1. The molecule has 1 saturated carbocycles. The molecule has 2 aromatic rings. The second kappa shape index (κ2) is 9.58. The van der Waals surface area contributed by atoms with E-state index in [4.69, 9.17) is 16.3 Å². The number of nitrogens with zero attached hydrogens (tertiary/aromatic N) is 3. The lowest BCUT2D eigenvalue weighted by Gasteiger charge is -2.39. The molecule has 0 radical (unpaired) electrons. The number of nitrogens with one attached hydrogen (secondary N) is 1. The summed E-state index contributed by atoms with van der Waals surface area (Å²) in [5, 5.41) is 2.53. The summed E-state index contributed by atoms with van der Waals surface area (Å²) < 4.78 is 5.61. The van der Waals surface area contributed by atoms with Gasteiger partial charge in [-0.05, 0) is 31.0 Å². The van der Waals surface area contributed by atoms with Crippen LogP contribution in [0.3, 0.4) is 0 Å². The first kappa shape index (κ1) is 22.6. The monoisotopic (exact) mass is 488 g/mol. The predicted octanol–water partition coefficient (Wildman–Crippen LogP) is 2.32. The molecule has 3 aliphatic rings. The van der Waals surface area contributed by atoms with Crippen LogP contribution >= 0.6 is 22.9 Å². The van der Waals surface area contributed by atoms with Crippen LogP contribution in [0.2, 0.25) is 0 Å². The highest BCUT2D eigenvalue weighted by Gasteiger charge is 2.53. The molecule has 1 unspecified atom stereocenters. The van der Waals surface area contributed by atoms with Crippen molar-refractivity contribution in [2.24, 2.45) is 5.92 Å². The van der Waals surface area contributed by atoms with Gasteiger partial charge in [0, 0.05) is 30.9 Å². The van der Waals surface area contributed by atoms with Gasteiger partial charge >= 0.3 is 0 Å². The number of Topliss-reactive ketones (excluding diaryl/α,β-unsaturated/α-hetero) is 2. The number of amides is 1. The smallest absolute Gasteiger partial charge is 0.261 e. The minimum atomic E-state index is -0.356. The molecular weight excluding hydrogens is 464 g/mol. The molecule has 2 aliphatic heterocycles. The maximum absolute atomic E-state index is 13.2. The molecule has 2 aromatic heterocycles. The molecule has 174 valence electrons. The van der Waals surface area contributed by atoms with Gasteiger partial charge in [0.2, 0.25) is 0 Å². The van der Waals surface area contributed by atoms with E-state index in [0.29, 0.717) is 17.2 Å². The van der Waals surface area contributed by atoms with Crippen molar-refractivity contribution < 1.29 is 19.1 Å². The van der Waals surface area contributed by atoms with Crippen LogP contribution in [-0.2, 0) is 14.3 Å². The highest BCUT2D eigenvalue weighted by molar-refractivity contribution is 7.17. The first-order valence-electron chi connectivity index (χ1n) is 11.2. The number of likely N-dealkylation sites (tertiary alicyclic amines) is 1. The Kier molecular flexibility index (Phi) is 6.56. The number of ketones is 2. The number of halogens is 1. The fraction of sp³-hybridized carbons (Fsp3) is 0.522. The Labute approximate surface area is 200 Å². The lowest BCUT2D eigenvalue weighted by atomic mass is 9.80. The van der Waals surface area contributed by atoms with Crippen molar-refractivity contribution in [2.45, 2.75) is 49.2 Å². The van der Waals surface area contributed by atoms with Crippen LogP contribution in [0, 0.1) is 5.92 Å². The van der Waals surface area contributed by atoms with Crippen molar-refractivity contribution in [1.29, 1.82) is 0 Å². The average molecular weight is 489 g/mol. The zero-order chi connectivity index (χ0) is 22.9. The summed E-state index contributed by atoms with van der Waals surface area (Å²) >= 11 is 7.76. The summed E-state index contributed by atoms with van der Waals surface area (Å²) in [6.07, 6.45) is 6.58. The summed E-state index contributed by atoms with van der Waals surface area (Å²) in [5.41, 5.74) is 0. The van der Waals surface area contributed by atoms with Crippen LogP contribution in [0.5, 0.6) is 0 Å². The minimum absolute atomic E-state index is 0.00263. The van der Waals surface area contributed by atoms with E-state index in [9.17, 15) is 14.4 Å². The fourth-order valence-corrected chi connectivity index (χ4v) is 6.49. The highest BCUT2D eigenvalue weighted by Crippen LogP contribution is 2.38. The quantitative estimate of drug-likeness (QED) is 0.622. The highest BCUT2D eigenvalue weighted by atomic mass is 35.5. The second-order valence-corrected chi connectivity index (χ2v) is 10.4. The van der Waals surface area contributed by atoms with Gasteiger partial charge in [-0.3, -0.25) is 19.3 Å². The Morgan fingerprint density at radius 2 is 2.00 bits per heavy atom. The number of carbonyl (C=O) groups is 3. The van der Waals surface area contributed by atoms with Crippen LogP contribution < -0.4 is 5.32 Å². The van der Waals surface area contributed by atoms with E-state index in [2.05, 4.69) is 20.2 Å². The van der Waals surface area contributed by atoms with Crippen LogP contribution in [0.4, 0.5) is 0 Å². The van der Waals surface area contributed by atoms with Crippen molar-refractivity contribution in [3.05, 3.63) is 35.5 Å². The van der Waals surface area contributed by atoms with E-state index in [0.717, 1.165) is 30.6 Å². The van der Waals surface area contributed by atoms with E-state index in [1.54, 1.807) is 30.6 Å². The number of thiophene rings is 1. The molecule has 1 N–H and O–H groups in total. The molecule has 10 heteroatoms. The third-order valence-corrected chi connectivity index (χ3v) is 8.23. The van der Waals surface area contributed by atoms with Crippen LogP contribution in [-0.4, -0.2) is 75.6 Å². The molecule has 8 nitrogen and oxygen atoms in total. The lowest BCUT2D eigenvalue weighted by molar-refractivity contribution is -0.128. The van der Waals surface area contributed by atoms with Gasteiger partial charge in [-0.25, -0.2) is 9.97 Å². The fourth-order valence-electron chi connectivity index (χ4n) is 5.25. The SMILES string of the molecule is O=C(NCC(=O)[C@H]1CCCCC1N1C[C@H](Cl)[C@H]2OCC(=O)[C@H]21)c1ccc(-c2ncccn2)s1. The Morgan fingerprint density at radius 1 is 1.21 bits per heavy atom. The van der Waals surface area contributed by atoms with Gasteiger partial charge in [0.15, 0.2) is 17.4 Å². The largest absolute Gasteiger partial charge is 0.367 e. The summed E-state index contributed by atoms with van der Waals surface area (Å²) in [6.45, 7) is 0.599. The first-order chi connectivity index (χ1) is 16.0. The summed E-state index contributed by atoms with van der Waals surface area (Å²) in [4.78, 5) is 50.1. The first-order valence-corrected chi connectivity index (χ1v) is 12.5. The Balaban J connectivity index is 1.23. The third kappa shape index (κ3) is 4.47. The number of fused-ring (bicyclic) bond motifs is 1. The van der Waals surface area contributed by atoms with Crippen LogP contribution in [0.15, 0.2) is 30.6 Å². The van der Waals surface area contributed by atoms with Gasteiger partial charge < -0.3 is 10.1 Å². The Hall–Kier alpha value is -2.20. The number of ether oxygens (including phenoxy) is 1. The normalized spacial score (nSPS) is 29.7. The Bertz CT molecular complexity index is 1050. The third-order valence-electron chi connectivity index (χ3n) is 6.77. The van der Waals surface area contributed by atoms with Gasteiger partial charge in [0.05, 0.1) is 33.8 Å². The summed E-state index contributed by atoms with van der Waals surface area (Å²) in [7, 11) is 0. The molecule has 4 heterocycles. The van der Waals surface area contributed by atoms with Crippen LogP contribution in [0.25, 0.3) is 10.7 Å². The van der Waals surface area contributed by atoms with Gasteiger partial charge in [-0.1, -0.05) is 12.8 Å². The molecule has 0 bridgehead atoms. The number of rotatable bonds is 6. The zero-order valence-corrected chi connectivity index (χ0v) is 19.6. The van der Waals surface area contributed by atoms with Crippen molar-refractivity contribution in [1.82, 2.24) is 20.2 Å². The molecule has 1 amide bonds. The van der Waals surface area contributed by atoms with E-state index in [1.165, 1.54) is 11.3 Å². The maximum atomic E-state index is 13.2. The zero-order valence-electron chi connectivity index (χ0n) is 18.0. The van der Waals surface area contributed by atoms with E-state index >= 15 is 0 Å². The molecule has 3 fully saturated rings. The molecule has 5 rings (SSSR count). The van der Waals surface area contributed by atoms with Crippen molar-refractivity contribution in [3.8, 4) is 10.7 Å². The van der Waals surface area contributed by atoms with Crippen molar-refractivity contribution in [3.63, 3.8) is 0 Å². The number of hydrogen-bond donors (Lipinski definition) is 1. The molecule has 5 atom stereocenters. The van der Waals surface area contributed by atoms with Crippen molar-refractivity contribution in [2.75, 3.05) is 19.7 Å². The van der Waals surface area contributed by atoms with Gasteiger partial charge in [0.25, 0.3) is 5.91 Å². The van der Waals surface area contributed by atoms with E-state index < -0.39 is 0 Å². The van der Waals surface area contributed by atoms with Crippen LogP contribution in [0.1, 0.15) is 35.4 Å². The summed E-state index contributed by atoms with van der Waals surface area (Å²) in [5.74, 6) is 0.0897. The average Bonchev–Trinajstić information content (AvgIpc) is 3.56. The molecular formula is C23H25ClN4O4S. The molecule has 0 aromatic carbocycles. The van der Waals surface area contributed by atoms with Gasteiger partial charge in [0.1, 0.15) is 6.61 Å². The van der Waals surface area contributed by atoms with Gasteiger partial charge in [-0.15, -0.1) is 22.9 Å². The predicted molar refractivity (Wildman–Crippen MR) is 123 cm³/mol. The topological polar surface area (TPSA) is 101 Å². The Morgan fingerprint density at radius 3 is 2.82 bits per heavy atom. The van der Waals surface area contributed by atoms with E-state index in [-0.39, 0.29) is 60.1 Å². The molecule has 0 spiro atoms. The maximum Gasteiger partial charge on any atom is 0.261 e. The van der Waals surface area contributed by atoms with Crippen molar-refractivity contribution >= 4 is 40.4 Å². The van der Waals surface area contributed by atoms with Gasteiger partial charge in [-0.2, -0.15) is 0 Å². The second-order valence-electron chi connectivity index (χ2n) is 8.74.